The highest BCUT2D eigenvalue weighted by atomic mass is 35.5. The molecule has 2 aromatic heterocycles. The van der Waals surface area contributed by atoms with Crippen LogP contribution in [-0.4, -0.2) is 60.1 Å². The summed E-state index contributed by atoms with van der Waals surface area (Å²) in [4.78, 5) is 33.8. The lowest BCUT2D eigenvalue weighted by Gasteiger charge is -2.29. The first-order chi connectivity index (χ1) is 16.0. The molecule has 34 heavy (non-hydrogen) atoms. The van der Waals surface area contributed by atoms with Crippen LogP contribution in [0.25, 0.3) is 20.3 Å². The molecular formula is C23H23ClN4O4S2. The molecule has 1 saturated heterocycles. The number of thiazole rings is 1. The van der Waals surface area contributed by atoms with Crippen LogP contribution in [0.1, 0.15) is 15.2 Å². The molecule has 0 bridgehead atoms. The Labute approximate surface area is 210 Å². The van der Waals surface area contributed by atoms with Crippen molar-refractivity contribution in [3.63, 3.8) is 0 Å². The number of aryl methyl sites for hydroxylation is 1. The quantitative estimate of drug-likeness (QED) is 0.260. The number of nitro benzene ring substituents is 1. The number of ether oxygens (including phenoxy) is 1. The van der Waals surface area contributed by atoms with Gasteiger partial charge in [-0.2, -0.15) is 0 Å². The Balaban J connectivity index is 0.00000274. The largest absolute Gasteiger partial charge is 0.379 e. The number of aromatic nitrogens is 1. The predicted molar refractivity (Wildman–Crippen MR) is 139 cm³/mol. The molecule has 11 heteroatoms. The summed E-state index contributed by atoms with van der Waals surface area (Å²) in [5.74, 6) is -0.135. The fraction of sp³-hybridized carbons (Fsp3) is 0.304. The van der Waals surface area contributed by atoms with Crippen LogP contribution in [0.4, 0.5) is 10.8 Å². The number of hydrogen-bond acceptors (Lipinski definition) is 8. The van der Waals surface area contributed by atoms with Gasteiger partial charge in [-0.3, -0.25) is 24.7 Å². The zero-order valence-corrected chi connectivity index (χ0v) is 20.9. The summed E-state index contributed by atoms with van der Waals surface area (Å²) in [6.45, 7) is 6.32. The highest BCUT2D eigenvalue weighted by Crippen LogP contribution is 2.34. The Morgan fingerprint density at radius 2 is 1.97 bits per heavy atom. The van der Waals surface area contributed by atoms with Crippen molar-refractivity contribution in [1.29, 1.82) is 0 Å². The third kappa shape index (κ3) is 4.91. The number of carbonyl (C=O) groups is 1. The van der Waals surface area contributed by atoms with Crippen molar-refractivity contribution < 1.29 is 14.5 Å². The Kier molecular flexibility index (Phi) is 7.44. The Hall–Kier alpha value is -2.63. The molecule has 1 amide bonds. The lowest BCUT2D eigenvalue weighted by molar-refractivity contribution is -0.384. The van der Waals surface area contributed by atoms with E-state index in [0.29, 0.717) is 35.2 Å². The summed E-state index contributed by atoms with van der Waals surface area (Å²) in [6, 6.07) is 12.5. The van der Waals surface area contributed by atoms with Gasteiger partial charge in [0.25, 0.3) is 11.6 Å². The Morgan fingerprint density at radius 3 is 2.71 bits per heavy atom. The van der Waals surface area contributed by atoms with E-state index in [1.807, 2.05) is 25.1 Å². The van der Waals surface area contributed by atoms with E-state index in [9.17, 15) is 14.9 Å². The van der Waals surface area contributed by atoms with Crippen molar-refractivity contribution in [3.05, 3.63) is 63.0 Å². The first-order valence-electron chi connectivity index (χ1n) is 10.7. The molecule has 1 aliphatic heterocycles. The maximum atomic E-state index is 13.7. The molecule has 0 radical (unpaired) electrons. The molecule has 2 aromatic carbocycles. The number of thiophene rings is 1. The molecule has 178 valence electrons. The lowest BCUT2D eigenvalue weighted by atomic mass is 10.2. The minimum absolute atomic E-state index is 0. The number of carbonyl (C=O) groups excluding carboxylic acids is 1. The third-order valence-corrected chi connectivity index (χ3v) is 7.90. The van der Waals surface area contributed by atoms with Gasteiger partial charge in [0, 0.05) is 48.4 Å². The maximum Gasteiger partial charge on any atom is 0.270 e. The summed E-state index contributed by atoms with van der Waals surface area (Å²) in [6.07, 6.45) is 0. The van der Waals surface area contributed by atoms with Gasteiger partial charge in [0.15, 0.2) is 5.13 Å². The van der Waals surface area contributed by atoms with Gasteiger partial charge >= 0.3 is 0 Å². The van der Waals surface area contributed by atoms with E-state index in [1.165, 1.54) is 34.8 Å². The van der Waals surface area contributed by atoms with E-state index in [-0.39, 0.29) is 24.0 Å². The van der Waals surface area contributed by atoms with Crippen molar-refractivity contribution >= 4 is 72.1 Å². The van der Waals surface area contributed by atoms with E-state index in [4.69, 9.17) is 9.72 Å². The van der Waals surface area contributed by atoms with Crippen LogP contribution in [0, 0.1) is 17.0 Å². The van der Waals surface area contributed by atoms with E-state index in [0.717, 1.165) is 40.1 Å². The van der Waals surface area contributed by atoms with Gasteiger partial charge < -0.3 is 4.74 Å². The Bertz CT molecular complexity index is 1350. The SMILES string of the molecule is Cc1cccc2sc(N(CCN3CCOCC3)C(=O)c3cc4cc([N+](=O)[O-])ccc4s3)nc12.Cl. The molecular weight excluding hydrogens is 496 g/mol. The molecule has 0 unspecified atom stereocenters. The van der Waals surface area contributed by atoms with Gasteiger partial charge in [0.05, 0.1) is 33.2 Å². The smallest absolute Gasteiger partial charge is 0.270 e. The van der Waals surface area contributed by atoms with Crippen LogP contribution < -0.4 is 4.90 Å². The monoisotopic (exact) mass is 518 g/mol. The van der Waals surface area contributed by atoms with E-state index in [1.54, 1.807) is 17.0 Å². The fourth-order valence-corrected chi connectivity index (χ4v) is 5.98. The topological polar surface area (TPSA) is 88.8 Å². The standard InChI is InChI=1S/C23H22N4O4S2.ClH/c1-15-3-2-4-19-21(15)24-23(33-19)26(8-7-25-9-11-31-12-10-25)22(28)20-14-16-13-17(27(29)30)5-6-18(16)32-20;/h2-6,13-14H,7-12H2,1H3;1H. The molecule has 0 N–H and O–H groups in total. The highest BCUT2D eigenvalue weighted by molar-refractivity contribution is 7.23. The van der Waals surface area contributed by atoms with Crippen molar-refractivity contribution in [1.82, 2.24) is 9.88 Å². The van der Waals surface area contributed by atoms with Crippen LogP contribution in [0.2, 0.25) is 0 Å². The second-order valence-electron chi connectivity index (χ2n) is 7.92. The number of amides is 1. The van der Waals surface area contributed by atoms with Crippen molar-refractivity contribution in [2.75, 3.05) is 44.3 Å². The van der Waals surface area contributed by atoms with E-state index in [2.05, 4.69) is 4.90 Å². The predicted octanol–water partition coefficient (Wildman–Crippen LogP) is 5.13. The summed E-state index contributed by atoms with van der Waals surface area (Å²) in [5.41, 5.74) is 2.00. The summed E-state index contributed by atoms with van der Waals surface area (Å²) in [5, 5.41) is 12.5. The Morgan fingerprint density at radius 1 is 1.18 bits per heavy atom. The number of benzene rings is 2. The van der Waals surface area contributed by atoms with Crippen LogP contribution in [0.5, 0.6) is 0 Å². The molecule has 1 aliphatic rings. The number of rotatable bonds is 6. The second-order valence-corrected chi connectivity index (χ2v) is 10.0. The average Bonchev–Trinajstić information content (AvgIpc) is 3.44. The number of anilines is 1. The normalized spacial score (nSPS) is 14.3. The number of hydrogen-bond donors (Lipinski definition) is 0. The number of nitrogens with zero attached hydrogens (tertiary/aromatic N) is 4. The van der Waals surface area contributed by atoms with Gasteiger partial charge in [-0.15, -0.1) is 23.7 Å². The zero-order valence-electron chi connectivity index (χ0n) is 18.4. The molecule has 3 heterocycles. The lowest BCUT2D eigenvalue weighted by Crippen LogP contribution is -2.43. The third-order valence-electron chi connectivity index (χ3n) is 5.75. The summed E-state index contributed by atoms with van der Waals surface area (Å²) in [7, 11) is 0. The van der Waals surface area contributed by atoms with Crippen LogP contribution in [0.15, 0.2) is 42.5 Å². The molecule has 0 saturated carbocycles. The molecule has 4 aromatic rings. The molecule has 0 spiro atoms. The molecule has 5 rings (SSSR count). The summed E-state index contributed by atoms with van der Waals surface area (Å²) >= 11 is 2.86. The van der Waals surface area contributed by atoms with E-state index >= 15 is 0 Å². The van der Waals surface area contributed by atoms with Gasteiger partial charge in [-0.25, -0.2) is 4.98 Å². The van der Waals surface area contributed by atoms with Crippen molar-refractivity contribution in [2.24, 2.45) is 0 Å². The highest BCUT2D eigenvalue weighted by Gasteiger charge is 2.25. The molecule has 0 aliphatic carbocycles. The van der Waals surface area contributed by atoms with Crippen molar-refractivity contribution in [3.8, 4) is 0 Å². The van der Waals surface area contributed by atoms with E-state index < -0.39 is 4.92 Å². The molecule has 0 atom stereocenters. The second kappa shape index (κ2) is 10.3. The maximum absolute atomic E-state index is 13.7. The fourth-order valence-electron chi connectivity index (χ4n) is 3.92. The first kappa shape index (κ1) is 24.5. The number of fused-ring (bicyclic) bond motifs is 2. The van der Waals surface area contributed by atoms with Crippen LogP contribution in [-0.2, 0) is 4.74 Å². The number of morpholine rings is 1. The van der Waals surface area contributed by atoms with Crippen LogP contribution in [0.3, 0.4) is 0 Å². The van der Waals surface area contributed by atoms with Gasteiger partial charge in [-0.05, 0) is 30.7 Å². The average molecular weight is 519 g/mol. The number of halogens is 1. The number of para-hydroxylation sites is 1. The minimum Gasteiger partial charge on any atom is -0.379 e. The summed E-state index contributed by atoms with van der Waals surface area (Å²) < 4.78 is 7.33. The zero-order chi connectivity index (χ0) is 22.9. The number of nitro groups is 1. The first-order valence-corrected chi connectivity index (χ1v) is 12.3. The number of non-ortho nitro benzene ring substituents is 1. The van der Waals surface area contributed by atoms with Crippen molar-refractivity contribution in [2.45, 2.75) is 6.92 Å². The minimum atomic E-state index is -0.420. The van der Waals surface area contributed by atoms with Gasteiger partial charge in [0.1, 0.15) is 0 Å². The molecule has 8 nitrogen and oxygen atoms in total. The van der Waals surface area contributed by atoms with Gasteiger partial charge in [0.2, 0.25) is 0 Å². The van der Waals surface area contributed by atoms with Gasteiger partial charge in [-0.1, -0.05) is 23.5 Å². The molecule has 1 fully saturated rings. The van der Waals surface area contributed by atoms with Crippen LogP contribution >= 0.6 is 35.1 Å².